The van der Waals surface area contributed by atoms with E-state index in [9.17, 15) is 4.79 Å². The van der Waals surface area contributed by atoms with Gasteiger partial charge < -0.3 is 14.3 Å². The fraction of sp³-hybridized carbons (Fsp3) is 0.105. The third-order valence-electron chi connectivity index (χ3n) is 3.69. The van der Waals surface area contributed by atoms with E-state index < -0.39 is 12.1 Å². The number of nitrogens with zero attached hydrogens (tertiary/aromatic N) is 2. The van der Waals surface area contributed by atoms with Crippen LogP contribution in [0.1, 0.15) is 11.3 Å². The molecule has 3 aromatic rings. The van der Waals surface area contributed by atoms with Crippen LogP contribution >= 0.6 is 22.9 Å². The lowest BCUT2D eigenvalue weighted by molar-refractivity contribution is -0.145. The molecule has 0 aliphatic carbocycles. The molecular weight excluding hydrogens is 388 g/mol. The topological polar surface area (TPSA) is 70.0 Å². The first kappa shape index (κ1) is 17.5. The summed E-state index contributed by atoms with van der Waals surface area (Å²) in [6, 6.07) is 15.7. The normalized spacial score (nSPS) is 15.7. The van der Waals surface area contributed by atoms with Gasteiger partial charge in [-0.1, -0.05) is 22.8 Å². The van der Waals surface area contributed by atoms with E-state index in [2.05, 4.69) is 10.1 Å². The Kier molecular flexibility index (Phi) is 5.04. The molecule has 1 aromatic carbocycles. The molecule has 0 fully saturated rings. The second kappa shape index (κ2) is 7.77. The van der Waals surface area contributed by atoms with Crippen LogP contribution < -0.4 is 9.47 Å². The Morgan fingerprint density at radius 3 is 2.63 bits per heavy atom. The lowest BCUT2D eigenvalue weighted by Gasteiger charge is -2.09. The van der Waals surface area contributed by atoms with Gasteiger partial charge in [-0.2, -0.15) is 0 Å². The summed E-state index contributed by atoms with van der Waals surface area (Å²) in [4.78, 5) is 22.5. The summed E-state index contributed by atoms with van der Waals surface area (Å²) in [5, 5.41) is 3.97. The zero-order valence-electron chi connectivity index (χ0n) is 13.9. The molecule has 0 bridgehead atoms. The standard InChI is InChI=1S/C19H13ClN2O4S/c20-17-9-8-16(27-17)14-11-15(26-22-14)19(23)25-13-6-4-12(5-7-13)24-18-3-1-2-10-21-18/h1-10,15H,11H2. The Balaban J connectivity index is 1.33. The van der Waals surface area contributed by atoms with E-state index in [0.717, 1.165) is 4.88 Å². The van der Waals surface area contributed by atoms with Crippen LogP contribution in [0.4, 0.5) is 0 Å². The van der Waals surface area contributed by atoms with Gasteiger partial charge in [0.05, 0.1) is 9.21 Å². The number of esters is 1. The lowest BCUT2D eigenvalue weighted by atomic mass is 10.1. The molecule has 6 nitrogen and oxygen atoms in total. The van der Waals surface area contributed by atoms with Crippen LogP contribution in [0, 0.1) is 0 Å². The molecule has 2 aromatic heterocycles. The summed E-state index contributed by atoms with van der Waals surface area (Å²) >= 11 is 7.31. The number of carbonyl (C=O) groups is 1. The third kappa shape index (κ3) is 4.27. The second-order valence-electron chi connectivity index (χ2n) is 5.60. The third-order valence-corrected chi connectivity index (χ3v) is 4.97. The van der Waals surface area contributed by atoms with Crippen molar-refractivity contribution >= 4 is 34.6 Å². The van der Waals surface area contributed by atoms with Crippen molar-refractivity contribution < 1.29 is 19.1 Å². The van der Waals surface area contributed by atoms with Crippen LogP contribution in [0.2, 0.25) is 4.34 Å². The van der Waals surface area contributed by atoms with Crippen molar-refractivity contribution in [1.82, 2.24) is 4.98 Å². The molecule has 8 heteroatoms. The molecule has 27 heavy (non-hydrogen) atoms. The predicted molar refractivity (Wildman–Crippen MR) is 102 cm³/mol. The predicted octanol–water partition coefficient (Wildman–Crippen LogP) is 4.69. The number of benzene rings is 1. The molecule has 4 rings (SSSR count). The maximum atomic E-state index is 12.3. The minimum absolute atomic E-state index is 0.344. The first-order chi connectivity index (χ1) is 13.2. The van der Waals surface area contributed by atoms with Gasteiger partial charge in [0.25, 0.3) is 0 Å². The van der Waals surface area contributed by atoms with Crippen molar-refractivity contribution in [2.24, 2.45) is 5.16 Å². The number of ether oxygens (including phenoxy) is 2. The fourth-order valence-corrected chi connectivity index (χ4v) is 3.44. The highest BCUT2D eigenvalue weighted by atomic mass is 35.5. The molecule has 0 saturated heterocycles. The first-order valence-corrected chi connectivity index (χ1v) is 9.26. The molecule has 1 atom stereocenters. The maximum absolute atomic E-state index is 12.3. The zero-order valence-corrected chi connectivity index (χ0v) is 15.4. The summed E-state index contributed by atoms with van der Waals surface area (Å²) in [6.07, 6.45) is 1.22. The summed E-state index contributed by atoms with van der Waals surface area (Å²) in [5.74, 6) is 0.963. The van der Waals surface area contributed by atoms with Gasteiger partial charge >= 0.3 is 5.97 Å². The minimum Gasteiger partial charge on any atom is -0.439 e. The monoisotopic (exact) mass is 400 g/mol. The summed E-state index contributed by atoms with van der Waals surface area (Å²) in [7, 11) is 0. The quantitative estimate of drug-likeness (QED) is 0.459. The van der Waals surface area contributed by atoms with Crippen molar-refractivity contribution in [3.05, 3.63) is 70.0 Å². The number of hydrogen-bond donors (Lipinski definition) is 0. The van der Waals surface area contributed by atoms with Gasteiger partial charge in [-0.25, -0.2) is 9.78 Å². The fourth-order valence-electron chi connectivity index (χ4n) is 2.40. The summed E-state index contributed by atoms with van der Waals surface area (Å²) in [5.41, 5.74) is 0.688. The van der Waals surface area contributed by atoms with Gasteiger partial charge in [0.1, 0.15) is 17.2 Å². The van der Waals surface area contributed by atoms with Gasteiger partial charge in [-0.15, -0.1) is 11.3 Å². The number of aromatic nitrogens is 1. The van der Waals surface area contributed by atoms with Crippen molar-refractivity contribution in [3.8, 4) is 17.4 Å². The molecule has 0 amide bonds. The Morgan fingerprint density at radius 1 is 1.11 bits per heavy atom. The molecule has 0 N–H and O–H groups in total. The molecule has 136 valence electrons. The SMILES string of the molecule is O=C(Oc1ccc(Oc2ccccn2)cc1)C1CC(c2ccc(Cl)s2)=NO1. The molecular formula is C19H13ClN2O4S. The van der Waals surface area contributed by atoms with E-state index >= 15 is 0 Å². The molecule has 0 radical (unpaired) electrons. The highest BCUT2D eigenvalue weighted by Crippen LogP contribution is 2.27. The number of rotatable bonds is 5. The van der Waals surface area contributed by atoms with Crippen molar-refractivity contribution in [2.75, 3.05) is 0 Å². The van der Waals surface area contributed by atoms with Gasteiger partial charge in [0.15, 0.2) is 0 Å². The number of halogens is 1. The molecule has 1 unspecified atom stereocenters. The molecule has 1 aliphatic heterocycles. The van der Waals surface area contributed by atoms with Crippen LogP contribution in [0.3, 0.4) is 0 Å². The van der Waals surface area contributed by atoms with Crippen molar-refractivity contribution in [3.63, 3.8) is 0 Å². The highest BCUT2D eigenvalue weighted by molar-refractivity contribution is 7.18. The van der Waals surface area contributed by atoms with Gasteiger partial charge in [0.2, 0.25) is 12.0 Å². The van der Waals surface area contributed by atoms with E-state index in [1.54, 1.807) is 42.6 Å². The first-order valence-electron chi connectivity index (χ1n) is 8.06. The highest BCUT2D eigenvalue weighted by Gasteiger charge is 2.31. The molecule has 3 heterocycles. The Morgan fingerprint density at radius 2 is 1.93 bits per heavy atom. The largest absolute Gasteiger partial charge is 0.439 e. The summed E-state index contributed by atoms with van der Waals surface area (Å²) in [6.45, 7) is 0. The molecule has 0 spiro atoms. The van der Waals surface area contributed by atoms with Gasteiger partial charge in [-0.05, 0) is 42.5 Å². The maximum Gasteiger partial charge on any atom is 0.356 e. The average Bonchev–Trinajstić information content (AvgIpc) is 3.33. The van der Waals surface area contributed by atoms with Crippen LogP contribution in [-0.2, 0) is 9.63 Å². The van der Waals surface area contributed by atoms with E-state index in [0.29, 0.717) is 33.8 Å². The van der Waals surface area contributed by atoms with Crippen molar-refractivity contribution in [1.29, 1.82) is 0 Å². The molecule has 0 saturated carbocycles. The number of oxime groups is 1. The Labute approximate surface area is 164 Å². The molecule has 1 aliphatic rings. The van der Waals surface area contributed by atoms with Gasteiger partial charge in [0, 0.05) is 18.7 Å². The smallest absolute Gasteiger partial charge is 0.356 e. The number of carbonyl (C=O) groups excluding carboxylic acids is 1. The van der Waals surface area contributed by atoms with E-state index in [1.807, 2.05) is 18.2 Å². The Hall–Kier alpha value is -2.90. The second-order valence-corrected chi connectivity index (χ2v) is 7.32. The van der Waals surface area contributed by atoms with E-state index in [4.69, 9.17) is 25.9 Å². The summed E-state index contributed by atoms with van der Waals surface area (Å²) < 4.78 is 11.6. The zero-order chi connectivity index (χ0) is 18.6. The lowest BCUT2D eigenvalue weighted by Crippen LogP contribution is -2.26. The minimum atomic E-state index is -0.773. The van der Waals surface area contributed by atoms with Crippen molar-refractivity contribution in [2.45, 2.75) is 12.5 Å². The van der Waals surface area contributed by atoms with Gasteiger partial charge in [-0.3, -0.25) is 0 Å². The van der Waals surface area contributed by atoms with Crippen LogP contribution in [0.15, 0.2) is 65.9 Å². The Bertz CT molecular complexity index is 973. The van der Waals surface area contributed by atoms with Crippen LogP contribution in [0.5, 0.6) is 17.4 Å². The van der Waals surface area contributed by atoms with Crippen LogP contribution in [0.25, 0.3) is 0 Å². The van der Waals surface area contributed by atoms with E-state index in [-0.39, 0.29) is 0 Å². The average molecular weight is 401 g/mol. The van der Waals surface area contributed by atoms with Crippen LogP contribution in [-0.4, -0.2) is 22.8 Å². The van der Waals surface area contributed by atoms with E-state index in [1.165, 1.54) is 11.3 Å². The number of hydrogen-bond acceptors (Lipinski definition) is 7. The number of thiophene rings is 1. The number of pyridine rings is 1.